The molecule has 2 fully saturated rings. The van der Waals surface area contributed by atoms with E-state index < -0.39 is 0 Å². The number of thioether (sulfide) groups is 1. The zero-order valence-corrected chi connectivity index (χ0v) is 11.5. The highest BCUT2D eigenvalue weighted by molar-refractivity contribution is 7.99. The first-order valence-corrected chi connectivity index (χ1v) is 8.30. The standard InChI is InChI=1S/C14H27NS/c1-2-10-15-14(12-8-9-12)11-16-13-6-4-3-5-7-13/h12-15H,2-11H2,1H3. The minimum Gasteiger partial charge on any atom is -0.313 e. The summed E-state index contributed by atoms with van der Waals surface area (Å²) in [7, 11) is 0. The first kappa shape index (κ1) is 12.8. The van der Waals surface area contributed by atoms with E-state index in [9.17, 15) is 0 Å². The SMILES string of the molecule is CCCNC(CSC1CCCCC1)C1CC1. The van der Waals surface area contributed by atoms with Crippen molar-refractivity contribution < 1.29 is 0 Å². The molecule has 1 unspecified atom stereocenters. The Bertz CT molecular complexity index is 185. The first-order valence-electron chi connectivity index (χ1n) is 7.25. The highest BCUT2D eigenvalue weighted by atomic mass is 32.2. The van der Waals surface area contributed by atoms with Crippen molar-refractivity contribution in [1.82, 2.24) is 5.32 Å². The number of nitrogens with one attached hydrogen (secondary N) is 1. The van der Waals surface area contributed by atoms with E-state index in [0.717, 1.165) is 17.2 Å². The molecular weight excluding hydrogens is 214 g/mol. The van der Waals surface area contributed by atoms with Gasteiger partial charge < -0.3 is 5.32 Å². The third-order valence-corrected chi connectivity index (χ3v) is 5.41. The largest absolute Gasteiger partial charge is 0.313 e. The number of hydrogen-bond donors (Lipinski definition) is 1. The second-order valence-corrected chi connectivity index (χ2v) is 6.82. The zero-order valence-electron chi connectivity index (χ0n) is 10.7. The molecule has 1 nitrogen and oxygen atoms in total. The van der Waals surface area contributed by atoms with Gasteiger partial charge in [0.25, 0.3) is 0 Å². The first-order chi connectivity index (χ1) is 7.90. The Morgan fingerprint density at radius 1 is 1.12 bits per heavy atom. The van der Waals surface area contributed by atoms with Crippen LogP contribution in [0.4, 0.5) is 0 Å². The normalized spacial score (nSPS) is 24.6. The van der Waals surface area contributed by atoms with Crippen molar-refractivity contribution in [3.63, 3.8) is 0 Å². The Kier molecular flexibility index (Phi) is 5.51. The van der Waals surface area contributed by atoms with Gasteiger partial charge in [-0.25, -0.2) is 0 Å². The topological polar surface area (TPSA) is 12.0 Å². The number of rotatable bonds is 7. The molecule has 2 aliphatic carbocycles. The molecular formula is C14H27NS. The molecule has 0 radical (unpaired) electrons. The molecule has 94 valence electrons. The second-order valence-electron chi connectivity index (χ2n) is 5.49. The molecule has 2 heteroatoms. The minimum absolute atomic E-state index is 0.826. The van der Waals surface area contributed by atoms with Gasteiger partial charge >= 0.3 is 0 Å². The van der Waals surface area contributed by atoms with Gasteiger partial charge in [-0.05, 0) is 44.6 Å². The van der Waals surface area contributed by atoms with Crippen LogP contribution in [0.1, 0.15) is 58.3 Å². The monoisotopic (exact) mass is 241 g/mol. The lowest BCUT2D eigenvalue weighted by Gasteiger charge is -2.24. The summed E-state index contributed by atoms with van der Waals surface area (Å²) in [4.78, 5) is 0. The summed E-state index contributed by atoms with van der Waals surface area (Å²) in [6.45, 7) is 3.48. The molecule has 2 aliphatic rings. The molecule has 0 aromatic heterocycles. The fraction of sp³-hybridized carbons (Fsp3) is 1.00. The summed E-state index contributed by atoms with van der Waals surface area (Å²) in [6.07, 6.45) is 11.6. The van der Waals surface area contributed by atoms with Gasteiger partial charge in [-0.3, -0.25) is 0 Å². The van der Waals surface area contributed by atoms with Crippen LogP contribution in [0, 0.1) is 5.92 Å². The fourth-order valence-corrected chi connectivity index (χ4v) is 4.20. The van der Waals surface area contributed by atoms with Gasteiger partial charge in [0.15, 0.2) is 0 Å². The van der Waals surface area contributed by atoms with Crippen molar-refractivity contribution in [3.8, 4) is 0 Å². The zero-order chi connectivity index (χ0) is 11.2. The molecule has 2 rings (SSSR count). The van der Waals surface area contributed by atoms with Crippen molar-refractivity contribution in [2.75, 3.05) is 12.3 Å². The van der Waals surface area contributed by atoms with E-state index in [-0.39, 0.29) is 0 Å². The van der Waals surface area contributed by atoms with Crippen LogP contribution in [-0.4, -0.2) is 23.6 Å². The van der Waals surface area contributed by atoms with Gasteiger partial charge in [-0.1, -0.05) is 26.2 Å². The van der Waals surface area contributed by atoms with Gasteiger partial charge in [0.1, 0.15) is 0 Å². The molecule has 0 saturated heterocycles. The lowest BCUT2D eigenvalue weighted by Crippen LogP contribution is -2.34. The summed E-state index contributed by atoms with van der Waals surface area (Å²) in [5, 5.41) is 4.73. The van der Waals surface area contributed by atoms with Gasteiger partial charge in [-0.15, -0.1) is 0 Å². The number of hydrogen-bond acceptors (Lipinski definition) is 2. The van der Waals surface area contributed by atoms with Crippen molar-refractivity contribution in [1.29, 1.82) is 0 Å². The minimum atomic E-state index is 0.826. The summed E-state index contributed by atoms with van der Waals surface area (Å²) >= 11 is 2.26. The van der Waals surface area contributed by atoms with Crippen LogP contribution in [0.15, 0.2) is 0 Å². The predicted octanol–water partition coefficient (Wildman–Crippen LogP) is 3.83. The van der Waals surface area contributed by atoms with E-state index in [1.807, 2.05) is 0 Å². The molecule has 0 aromatic rings. The van der Waals surface area contributed by atoms with Gasteiger partial charge in [0.05, 0.1) is 0 Å². The third kappa shape index (κ3) is 4.29. The van der Waals surface area contributed by atoms with E-state index in [2.05, 4.69) is 24.0 Å². The van der Waals surface area contributed by atoms with E-state index in [4.69, 9.17) is 0 Å². The average Bonchev–Trinajstić information content (AvgIpc) is 3.15. The van der Waals surface area contributed by atoms with Crippen LogP contribution in [0.5, 0.6) is 0 Å². The van der Waals surface area contributed by atoms with E-state index >= 15 is 0 Å². The molecule has 1 atom stereocenters. The quantitative estimate of drug-likeness (QED) is 0.727. The molecule has 0 amide bonds. The Morgan fingerprint density at radius 3 is 2.50 bits per heavy atom. The fourth-order valence-electron chi connectivity index (χ4n) is 2.66. The molecule has 0 bridgehead atoms. The predicted molar refractivity (Wildman–Crippen MR) is 74.1 cm³/mol. The highest BCUT2D eigenvalue weighted by Gasteiger charge is 2.31. The molecule has 0 aliphatic heterocycles. The van der Waals surface area contributed by atoms with Crippen LogP contribution in [0.2, 0.25) is 0 Å². The Morgan fingerprint density at radius 2 is 1.88 bits per heavy atom. The third-order valence-electron chi connectivity index (χ3n) is 3.91. The van der Waals surface area contributed by atoms with Gasteiger partial charge in [-0.2, -0.15) is 11.8 Å². The van der Waals surface area contributed by atoms with Crippen molar-refractivity contribution in [2.24, 2.45) is 5.92 Å². The maximum atomic E-state index is 3.75. The average molecular weight is 241 g/mol. The van der Waals surface area contributed by atoms with Crippen LogP contribution < -0.4 is 5.32 Å². The lowest BCUT2D eigenvalue weighted by atomic mass is 10.0. The Hall–Kier alpha value is 0.310. The van der Waals surface area contributed by atoms with Gasteiger partial charge in [0.2, 0.25) is 0 Å². The second kappa shape index (κ2) is 6.90. The van der Waals surface area contributed by atoms with Crippen molar-refractivity contribution in [2.45, 2.75) is 69.6 Å². The molecule has 0 heterocycles. The van der Waals surface area contributed by atoms with Crippen LogP contribution >= 0.6 is 11.8 Å². The smallest absolute Gasteiger partial charge is 0.0186 e. The van der Waals surface area contributed by atoms with E-state index in [1.54, 1.807) is 0 Å². The molecule has 0 aromatic carbocycles. The van der Waals surface area contributed by atoms with Crippen LogP contribution in [0.25, 0.3) is 0 Å². The van der Waals surface area contributed by atoms with Crippen molar-refractivity contribution >= 4 is 11.8 Å². The molecule has 16 heavy (non-hydrogen) atoms. The molecule has 0 spiro atoms. The summed E-state index contributed by atoms with van der Waals surface area (Å²) in [5.74, 6) is 2.39. The van der Waals surface area contributed by atoms with Crippen LogP contribution in [-0.2, 0) is 0 Å². The summed E-state index contributed by atoms with van der Waals surface area (Å²) in [5.41, 5.74) is 0. The van der Waals surface area contributed by atoms with E-state index in [0.29, 0.717) is 0 Å². The maximum Gasteiger partial charge on any atom is 0.0186 e. The lowest BCUT2D eigenvalue weighted by molar-refractivity contribution is 0.494. The summed E-state index contributed by atoms with van der Waals surface area (Å²) < 4.78 is 0. The maximum absolute atomic E-state index is 3.75. The highest BCUT2D eigenvalue weighted by Crippen LogP contribution is 2.36. The summed E-state index contributed by atoms with van der Waals surface area (Å²) in [6, 6.07) is 0.826. The van der Waals surface area contributed by atoms with Crippen LogP contribution in [0.3, 0.4) is 0 Å². The van der Waals surface area contributed by atoms with Gasteiger partial charge in [0, 0.05) is 17.0 Å². The Labute approximate surface area is 105 Å². The van der Waals surface area contributed by atoms with E-state index in [1.165, 1.54) is 63.7 Å². The Balaban J connectivity index is 1.64. The molecule has 1 N–H and O–H groups in total. The molecule has 2 saturated carbocycles. The van der Waals surface area contributed by atoms with Crippen molar-refractivity contribution in [3.05, 3.63) is 0 Å².